The van der Waals surface area contributed by atoms with Crippen molar-refractivity contribution in [2.75, 3.05) is 4.90 Å². The van der Waals surface area contributed by atoms with Gasteiger partial charge in [-0.05, 0) is 56.5 Å². The number of fused-ring (bicyclic) bond motifs is 1. The number of amides is 1. The Kier molecular flexibility index (Phi) is 4.47. The van der Waals surface area contributed by atoms with Gasteiger partial charge >= 0.3 is 0 Å². The van der Waals surface area contributed by atoms with Gasteiger partial charge in [0, 0.05) is 35.8 Å². The van der Waals surface area contributed by atoms with Gasteiger partial charge in [0.2, 0.25) is 0 Å². The number of phenolic OH excluding ortho intramolecular Hbond substituents is 2. The molecule has 6 heteroatoms. The normalized spacial score (nSPS) is 15.9. The molecule has 0 saturated heterocycles. The van der Waals surface area contributed by atoms with Gasteiger partial charge in [0.1, 0.15) is 11.5 Å². The molecule has 0 radical (unpaired) electrons. The molecule has 1 amide bonds. The number of benzene rings is 2. The summed E-state index contributed by atoms with van der Waals surface area (Å²) in [5.41, 5.74) is 4.73. The summed E-state index contributed by atoms with van der Waals surface area (Å²) in [6, 6.07) is 9.98. The van der Waals surface area contributed by atoms with Crippen molar-refractivity contribution < 1.29 is 15.0 Å². The molecule has 2 N–H and O–H groups in total. The lowest BCUT2D eigenvalue weighted by Crippen LogP contribution is -2.42. The Labute approximate surface area is 163 Å². The molecule has 0 aliphatic carbocycles. The molecule has 0 spiro atoms. The Morgan fingerprint density at radius 3 is 2.64 bits per heavy atom. The fourth-order valence-corrected chi connectivity index (χ4v) is 3.73. The number of phenols is 2. The van der Waals surface area contributed by atoms with Crippen molar-refractivity contribution in [1.82, 2.24) is 9.97 Å². The van der Waals surface area contributed by atoms with Gasteiger partial charge in [-0.1, -0.05) is 6.07 Å². The molecular weight excluding hydrogens is 354 g/mol. The average Bonchev–Trinajstić information content (AvgIpc) is 2.67. The molecule has 0 saturated carbocycles. The molecule has 3 aromatic rings. The van der Waals surface area contributed by atoms with Crippen LogP contribution in [0.15, 0.2) is 48.8 Å². The van der Waals surface area contributed by atoms with Crippen LogP contribution in [0.25, 0.3) is 11.3 Å². The van der Waals surface area contributed by atoms with Gasteiger partial charge in [-0.15, -0.1) is 0 Å². The van der Waals surface area contributed by atoms with E-state index < -0.39 is 0 Å². The fourth-order valence-electron chi connectivity index (χ4n) is 3.73. The van der Waals surface area contributed by atoms with Crippen molar-refractivity contribution in [3.8, 4) is 22.8 Å². The summed E-state index contributed by atoms with van der Waals surface area (Å²) in [5, 5.41) is 19.6. The number of hydrogen-bond donors (Lipinski definition) is 2. The molecule has 4 rings (SSSR count). The minimum Gasteiger partial charge on any atom is -0.508 e. The van der Waals surface area contributed by atoms with E-state index in [0.717, 1.165) is 41.0 Å². The highest BCUT2D eigenvalue weighted by molar-refractivity contribution is 6.09. The molecular formula is C22H21N3O3. The summed E-state index contributed by atoms with van der Waals surface area (Å²) in [6.45, 7) is 3.92. The lowest BCUT2D eigenvalue weighted by atomic mass is 9.93. The minimum absolute atomic E-state index is 0.00249. The summed E-state index contributed by atoms with van der Waals surface area (Å²) in [6.07, 6.45) is 5.02. The maximum absolute atomic E-state index is 13.2. The molecule has 6 nitrogen and oxygen atoms in total. The van der Waals surface area contributed by atoms with Crippen molar-refractivity contribution in [3.63, 3.8) is 0 Å². The average molecular weight is 375 g/mol. The predicted molar refractivity (Wildman–Crippen MR) is 107 cm³/mol. The van der Waals surface area contributed by atoms with Crippen LogP contribution in [-0.2, 0) is 6.42 Å². The van der Waals surface area contributed by atoms with Crippen LogP contribution < -0.4 is 4.90 Å². The summed E-state index contributed by atoms with van der Waals surface area (Å²) in [7, 11) is 0. The SMILES string of the molecule is Cc1nccnc1-c1ccc2c(c1)CC[C@H](C)N2C(=O)c1ccc(O)cc1O. The first kappa shape index (κ1) is 18.0. The molecule has 28 heavy (non-hydrogen) atoms. The maximum Gasteiger partial charge on any atom is 0.262 e. The first-order chi connectivity index (χ1) is 13.5. The van der Waals surface area contributed by atoms with E-state index in [1.165, 1.54) is 18.2 Å². The summed E-state index contributed by atoms with van der Waals surface area (Å²) < 4.78 is 0. The van der Waals surface area contributed by atoms with Crippen molar-refractivity contribution in [2.45, 2.75) is 32.7 Å². The predicted octanol–water partition coefficient (Wildman–Crippen LogP) is 3.84. The molecule has 0 bridgehead atoms. The monoisotopic (exact) mass is 375 g/mol. The Balaban J connectivity index is 1.76. The van der Waals surface area contributed by atoms with Crippen LogP contribution >= 0.6 is 0 Å². The fraction of sp³-hybridized carbons (Fsp3) is 0.227. The largest absolute Gasteiger partial charge is 0.508 e. The van der Waals surface area contributed by atoms with Crippen LogP contribution in [0, 0.1) is 6.92 Å². The van der Waals surface area contributed by atoms with Crippen LogP contribution in [0.1, 0.15) is 35.0 Å². The number of aromatic hydroxyl groups is 2. The van der Waals surface area contributed by atoms with E-state index in [1.54, 1.807) is 17.3 Å². The van der Waals surface area contributed by atoms with Gasteiger partial charge in [0.15, 0.2) is 0 Å². The van der Waals surface area contributed by atoms with E-state index in [4.69, 9.17) is 0 Å². The second-order valence-electron chi connectivity index (χ2n) is 7.10. The first-order valence-electron chi connectivity index (χ1n) is 9.22. The number of anilines is 1. The van der Waals surface area contributed by atoms with Crippen molar-refractivity contribution >= 4 is 11.6 Å². The van der Waals surface area contributed by atoms with E-state index in [2.05, 4.69) is 16.0 Å². The Morgan fingerprint density at radius 2 is 1.89 bits per heavy atom. The van der Waals surface area contributed by atoms with Crippen molar-refractivity contribution in [1.29, 1.82) is 0 Å². The van der Waals surface area contributed by atoms with Crippen LogP contribution in [0.3, 0.4) is 0 Å². The number of aryl methyl sites for hydroxylation is 2. The number of hydrogen-bond acceptors (Lipinski definition) is 5. The van der Waals surface area contributed by atoms with E-state index >= 15 is 0 Å². The van der Waals surface area contributed by atoms with E-state index in [1.807, 2.05) is 26.0 Å². The summed E-state index contributed by atoms with van der Waals surface area (Å²) in [5.74, 6) is -0.587. The lowest BCUT2D eigenvalue weighted by Gasteiger charge is -2.35. The van der Waals surface area contributed by atoms with Crippen LogP contribution in [0.4, 0.5) is 5.69 Å². The Bertz CT molecular complexity index is 1060. The second kappa shape index (κ2) is 6.96. The van der Waals surface area contributed by atoms with Gasteiger partial charge in [0.25, 0.3) is 5.91 Å². The zero-order chi connectivity index (χ0) is 19.8. The second-order valence-corrected chi connectivity index (χ2v) is 7.10. The third-order valence-corrected chi connectivity index (χ3v) is 5.20. The van der Waals surface area contributed by atoms with Gasteiger partial charge in [-0.25, -0.2) is 0 Å². The highest BCUT2D eigenvalue weighted by Crippen LogP contribution is 2.36. The Morgan fingerprint density at radius 1 is 1.11 bits per heavy atom. The number of rotatable bonds is 2. The lowest BCUT2D eigenvalue weighted by molar-refractivity contribution is 0.0972. The van der Waals surface area contributed by atoms with E-state index in [9.17, 15) is 15.0 Å². The van der Waals surface area contributed by atoms with Gasteiger partial charge in [-0.3, -0.25) is 14.8 Å². The number of carbonyl (C=O) groups is 1. The highest BCUT2D eigenvalue weighted by atomic mass is 16.3. The molecule has 1 aliphatic heterocycles. The molecule has 1 aliphatic rings. The van der Waals surface area contributed by atoms with Crippen LogP contribution in [-0.4, -0.2) is 32.1 Å². The third kappa shape index (κ3) is 3.07. The smallest absolute Gasteiger partial charge is 0.262 e. The minimum atomic E-state index is -0.283. The van der Waals surface area contributed by atoms with Gasteiger partial charge in [0.05, 0.1) is 17.0 Å². The number of aromatic nitrogens is 2. The summed E-state index contributed by atoms with van der Waals surface area (Å²) in [4.78, 5) is 23.6. The molecule has 1 aromatic heterocycles. The molecule has 2 heterocycles. The summed E-state index contributed by atoms with van der Waals surface area (Å²) >= 11 is 0. The molecule has 0 fully saturated rings. The van der Waals surface area contributed by atoms with Gasteiger partial charge < -0.3 is 15.1 Å². The van der Waals surface area contributed by atoms with Crippen molar-refractivity contribution in [2.24, 2.45) is 0 Å². The highest BCUT2D eigenvalue weighted by Gasteiger charge is 2.30. The van der Waals surface area contributed by atoms with Crippen molar-refractivity contribution in [3.05, 3.63) is 65.6 Å². The molecule has 0 unspecified atom stereocenters. The topological polar surface area (TPSA) is 86.6 Å². The quantitative estimate of drug-likeness (QED) is 0.711. The number of carbonyl (C=O) groups excluding carboxylic acids is 1. The molecule has 2 aromatic carbocycles. The van der Waals surface area contributed by atoms with E-state index in [0.29, 0.717) is 0 Å². The first-order valence-corrected chi connectivity index (χ1v) is 9.22. The van der Waals surface area contributed by atoms with E-state index in [-0.39, 0.29) is 29.0 Å². The molecule has 1 atom stereocenters. The Hall–Kier alpha value is -3.41. The zero-order valence-electron chi connectivity index (χ0n) is 15.8. The third-order valence-electron chi connectivity index (χ3n) is 5.20. The van der Waals surface area contributed by atoms with Crippen LogP contribution in [0.5, 0.6) is 11.5 Å². The number of nitrogens with zero attached hydrogens (tertiary/aromatic N) is 3. The maximum atomic E-state index is 13.2. The zero-order valence-corrected chi connectivity index (χ0v) is 15.8. The van der Waals surface area contributed by atoms with Crippen LogP contribution in [0.2, 0.25) is 0 Å². The van der Waals surface area contributed by atoms with Gasteiger partial charge in [-0.2, -0.15) is 0 Å². The molecule has 142 valence electrons. The standard InChI is InChI=1S/C22H21N3O3/c1-13-3-4-15-11-16(21-14(2)23-9-10-24-21)5-8-19(15)25(13)22(28)18-7-6-17(26)12-20(18)27/h5-13,26-27H,3-4H2,1-2H3/t13-/m0/s1.